The molecule has 0 aliphatic carbocycles. The summed E-state index contributed by atoms with van der Waals surface area (Å²) in [6, 6.07) is 6.16. The van der Waals surface area contributed by atoms with E-state index >= 15 is 0 Å². The Labute approximate surface area is 113 Å². The van der Waals surface area contributed by atoms with Crippen LogP contribution in [0.2, 0.25) is 6.82 Å². The maximum Gasteiger partial charge on any atom is 0.257 e. The standard InChI is InChI=1S/C12H15BBrNOP/c1-7(2)11-10-6-8(14)4-5-9(10)12(16)15(11)17-13-3/h4-7,11,17H,1-3H3. The van der Waals surface area contributed by atoms with Gasteiger partial charge in [0.15, 0.2) is 7.00 Å². The van der Waals surface area contributed by atoms with Gasteiger partial charge in [0, 0.05) is 10.0 Å². The summed E-state index contributed by atoms with van der Waals surface area (Å²) in [4.78, 5) is 12.3. The van der Waals surface area contributed by atoms with Crippen molar-refractivity contribution in [2.45, 2.75) is 26.7 Å². The molecule has 5 heteroatoms. The van der Waals surface area contributed by atoms with Gasteiger partial charge in [0.25, 0.3) is 5.91 Å². The maximum atomic E-state index is 12.3. The summed E-state index contributed by atoms with van der Waals surface area (Å²) in [6.45, 7) is 8.40. The fourth-order valence-electron chi connectivity index (χ4n) is 2.30. The van der Waals surface area contributed by atoms with Crippen molar-refractivity contribution >= 4 is 37.4 Å². The first-order valence-corrected chi connectivity index (χ1v) is 7.55. The van der Waals surface area contributed by atoms with Gasteiger partial charge in [0.2, 0.25) is 0 Å². The fraction of sp³-hybridized carbons (Fsp3) is 0.417. The molecular formula is C12H15BBrNOP. The molecule has 0 saturated heterocycles. The molecule has 1 aromatic rings. The molecule has 2 atom stereocenters. The van der Waals surface area contributed by atoms with Gasteiger partial charge in [-0.15, -0.1) is 0 Å². The van der Waals surface area contributed by atoms with Crippen molar-refractivity contribution in [3.63, 3.8) is 0 Å². The first kappa shape index (κ1) is 13.1. The molecule has 89 valence electrons. The Morgan fingerprint density at radius 3 is 2.76 bits per heavy atom. The van der Waals surface area contributed by atoms with Crippen molar-refractivity contribution in [3.05, 3.63) is 33.8 Å². The molecule has 2 rings (SSSR count). The molecular weight excluding hydrogens is 296 g/mol. The largest absolute Gasteiger partial charge is 0.322 e. The van der Waals surface area contributed by atoms with Gasteiger partial charge in [-0.05, 0) is 29.7 Å². The molecule has 17 heavy (non-hydrogen) atoms. The molecule has 1 radical (unpaired) electrons. The Bertz CT molecular complexity index is 452. The lowest BCUT2D eigenvalue weighted by Crippen LogP contribution is -2.23. The molecule has 1 aliphatic rings. The van der Waals surface area contributed by atoms with E-state index in [4.69, 9.17) is 0 Å². The van der Waals surface area contributed by atoms with E-state index in [1.807, 2.05) is 23.6 Å². The van der Waals surface area contributed by atoms with E-state index in [0.29, 0.717) is 14.5 Å². The zero-order valence-corrected chi connectivity index (χ0v) is 12.8. The Morgan fingerprint density at radius 2 is 2.18 bits per heavy atom. The van der Waals surface area contributed by atoms with Crippen LogP contribution in [0.5, 0.6) is 0 Å². The fourth-order valence-corrected chi connectivity index (χ4v) is 3.80. The molecule has 2 unspecified atom stereocenters. The van der Waals surface area contributed by atoms with Gasteiger partial charge < -0.3 is 4.67 Å². The molecule has 2 nitrogen and oxygen atoms in total. The summed E-state index contributed by atoms with van der Waals surface area (Å²) in [5.74, 6) is 0.601. The molecule has 0 N–H and O–H groups in total. The third-order valence-corrected chi connectivity index (χ3v) is 4.47. The minimum Gasteiger partial charge on any atom is -0.322 e. The van der Waals surface area contributed by atoms with E-state index in [1.165, 1.54) is 0 Å². The number of hydrogen-bond donors (Lipinski definition) is 0. The third-order valence-electron chi connectivity index (χ3n) is 2.96. The third kappa shape index (κ3) is 2.30. The highest BCUT2D eigenvalue weighted by Gasteiger charge is 2.37. The van der Waals surface area contributed by atoms with Crippen molar-refractivity contribution in [2.75, 3.05) is 0 Å². The molecule has 0 bridgehead atoms. The number of rotatable bonds is 3. The Hall–Kier alpha value is -0.335. The number of carbonyl (C=O) groups excluding carboxylic acids is 1. The summed E-state index contributed by atoms with van der Waals surface area (Å²) in [5, 5.41) is 0. The zero-order chi connectivity index (χ0) is 12.6. The van der Waals surface area contributed by atoms with Gasteiger partial charge in [-0.1, -0.05) is 45.2 Å². The SMILES string of the molecule is C[B]PN1C(=O)c2ccc(Br)cc2C1C(C)C. The Balaban J connectivity index is 2.48. The second-order valence-corrected chi connectivity index (χ2v) is 6.75. The summed E-state index contributed by atoms with van der Waals surface area (Å²) in [5.41, 5.74) is 2.02. The molecule has 0 spiro atoms. The van der Waals surface area contributed by atoms with E-state index in [1.54, 1.807) is 0 Å². The number of carbonyl (C=O) groups is 1. The number of amides is 1. The van der Waals surface area contributed by atoms with Gasteiger partial charge in [-0.2, -0.15) is 0 Å². The monoisotopic (exact) mass is 310 g/mol. The van der Waals surface area contributed by atoms with Crippen LogP contribution in [0.4, 0.5) is 0 Å². The van der Waals surface area contributed by atoms with Crippen LogP contribution in [0.15, 0.2) is 22.7 Å². The van der Waals surface area contributed by atoms with Crippen LogP contribution >= 0.6 is 24.5 Å². The summed E-state index contributed by atoms with van der Waals surface area (Å²) in [7, 11) is 0.459. The predicted molar refractivity (Wildman–Crippen MR) is 77.8 cm³/mol. The van der Waals surface area contributed by atoms with Crippen molar-refractivity contribution < 1.29 is 4.79 Å². The minimum atomic E-state index is 0.169. The van der Waals surface area contributed by atoms with Gasteiger partial charge in [-0.25, -0.2) is 0 Å². The smallest absolute Gasteiger partial charge is 0.257 e. The summed E-state index contributed by atoms with van der Waals surface area (Å²) in [6.07, 6.45) is 0. The van der Waals surface area contributed by atoms with Crippen LogP contribution in [0.25, 0.3) is 0 Å². The lowest BCUT2D eigenvalue weighted by atomic mass is 9.96. The highest BCUT2D eigenvalue weighted by Crippen LogP contribution is 2.44. The van der Waals surface area contributed by atoms with E-state index in [9.17, 15) is 4.79 Å². The number of nitrogens with zero attached hydrogens (tertiary/aromatic N) is 1. The van der Waals surface area contributed by atoms with Gasteiger partial charge in [0.05, 0.1) is 6.04 Å². The average Bonchev–Trinajstić information content (AvgIpc) is 2.52. The normalized spacial score (nSPS) is 19.5. The average molecular weight is 311 g/mol. The molecule has 0 fully saturated rings. The zero-order valence-electron chi connectivity index (χ0n) is 10.2. The molecule has 1 aromatic carbocycles. The van der Waals surface area contributed by atoms with Crippen LogP contribution in [0.3, 0.4) is 0 Å². The highest BCUT2D eigenvalue weighted by atomic mass is 79.9. The molecule has 0 aromatic heterocycles. The van der Waals surface area contributed by atoms with Crippen molar-refractivity contribution in [2.24, 2.45) is 5.92 Å². The number of benzene rings is 1. The van der Waals surface area contributed by atoms with Gasteiger partial charge in [-0.3, -0.25) is 4.79 Å². The molecule has 1 amide bonds. The quantitative estimate of drug-likeness (QED) is 0.613. The second kappa shape index (κ2) is 5.11. The van der Waals surface area contributed by atoms with Crippen LogP contribution in [-0.4, -0.2) is 17.6 Å². The Morgan fingerprint density at radius 1 is 1.47 bits per heavy atom. The van der Waals surface area contributed by atoms with E-state index in [0.717, 1.165) is 15.6 Å². The number of fused-ring (bicyclic) bond motifs is 1. The summed E-state index contributed by atoms with van der Waals surface area (Å²) >= 11 is 3.48. The number of hydrogen-bond acceptors (Lipinski definition) is 1. The molecule has 1 heterocycles. The predicted octanol–water partition coefficient (Wildman–Crippen LogP) is 3.86. The van der Waals surface area contributed by atoms with Crippen LogP contribution in [0, 0.1) is 5.92 Å². The van der Waals surface area contributed by atoms with E-state index < -0.39 is 0 Å². The van der Waals surface area contributed by atoms with E-state index in [-0.39, 0.29) is 11.9 Å². The van der Waals surface area contributed by atoms with Crippen molar-refractivity contribution in [3.8, 4) is 0 Å². The van der Waals surface area contributed by atoms with Gasteiger partial charge >= 0.3 is 0 Å². The molecule has 0 saturated carbocycles. The van der Waals surface area contributed by atoms with Crippen molar-refractivity contribution in [1.82, 2.24) is 4.67 Å². The minimum absolute atomic E-state index is 0.169. The first-order chi connectivity index (χ1) is 8.06. The lowest BCUT2D eigenvalue weighted by Gasteiger charge is -2.28. The van der Waals surface area contributed by atoms with Crippen LogP contribution in [-0.2, 0) is 0 Å². The van der Waals surface area contributed by atoms with Gasteiger partial charge in [0.1, 0.15) is 0 Å². The first-order valence-electron chi connectivity index (χ1n) is 5.73. The Kier molecular flexibility index (Phi) is 3.94. The maximum absolute atomic E-state index is 12.3. The topological polar surface area (TPSA) is 20.3 Å². The van der Waals surface area contributed by atoms with Crippen LogP contribution in [0.1, 0.15) is 35.8 Å². The summed E-state index contributed by atoms with van der Waals surface area (Å²) < 4.78 is 3.03. The lowest BCUT2D eigenvalue weighted by molar-refractivity contribution is 0.0844. The second-order valence-electron chi connectivity index (χ2n) is 4.51. The van der Waals surface area contributed by atoms with E-state index in [2.05, 4.69) is 42.8 Å². The van der Waals surface area contributed by atoms with Crippen molar-refractivity contribution in [1.29, 1.82) is 0 Å². The number of halogens is 1. The molecule has 1 aliphatic heterocycles. The highest BCUT2D eigenvalue weighted by molar-refractivity contribution is 9.10. The van der Waals surface area contributed by atoms with Crippen LogP contribution < -0.4 is 0 Å².